The molecular weight excluding hydrogens is 430 g/mol. The Morgan fingerprint density at radius 3 is 2.23 bits per heavy atom. The summed E-state index contributed by atoms with van der Waals surface area (Å²) in [6.07, 6.45) is 7.18. The molecule has 0 spiro atoms. The normalized spacial score (nSPS) is 14.8. The SMILES string of the molecule is CN(/N=C1/C=CC=CC1=N)c1cc(C(C)(C)c2cc#ccc2)cc(C(C)(C)c2ccccc2)c1O. The van der Waals surface area contributed by atoms with E-state index in [1.54, 1.807) is 17.2 Å². The molecule has 1 aliphatic rings. The molecule has 0 aliphatic heterocycles. The van der Waals surface area contributed by atoms with Crippen LogP contribution in [0, 0.1) is 17.5 Å². The van der Waals surface area contributed by atoms with Crippen LogP contribution in [0.5, 0.6) is 5.75 Å². The zero-order valence-electron chi connectivity index (χ0n) is 20.9. The lowest BCUT2D eigenvalue weighted by Crippen LogP contribution is -2.25. The first-order chi connectivity index (χ1) is 16.6. The van der Waals surface area contributed by atoms with E-state index in [2.05, 4.69) is 69.2 Å². The predicted octanol–water partition coefficient (Wildman–Crippen LogP) is 6.58. The molecule has 0 bridgehead atoms. The lowest BCUT2D eigenvalue weighted by molar-refractivity contribution is 0.451. The highest BCUT2D eigenvalue weighted by molar-refractivity contribution is 6.50. The molecule has 0 aromatic heterocycles. The van der Waals surface area contributed by atoms with Crippen LogP contribution in [0.3, 0.4) is 0 Å². The topological polar surface area (TPSA) is 59.7 Å². The molecule has 0 radical (unpaired) electrons. The van der Waals surface area contributed by atoms with E-state index < -0.39 is 5.41 Å². The molecule has 4 heteroatoms. The molecule has 0 heterocycles. The maximum atomic E-state index is 11.6. The molecule has 2 N–H and O–H groups in total. The number of rotatable bonds is 6. The first-order valence-corrected chi connectivity index (χ1v) is 11.7. The van der Waals surface area contributed by atoms with Crippen molar-refractivity contribution >= 4 is 17.1 Å². The second-order valence-electron chi connectivity index (χ2n) is 9.87. The van der Waals surface area contributed by atoms with Crippen LogP contribution in [0.4, 0.5) is 5.69 Å². The van der Waals surface area contributed by atoms with E-state index in [1.165, 1.54) is 0 Å². The Balaban J connectivity index is 1.92. The summed E-state index contributed by atoms with van der Waals surface area (Å²) in [5.41, 5.74) is 4.71. The number of hydrogen-bond donors (Lipinski definition) is 2. The molecule has 0 unspecified atom stereocenters. The van der Waals surface area contributed by atoms with Crippen molar-refractivity contribution in [2.75, 3.05) is 12.1 Å². The summed E-state index contributed by atoms with van der Waals surface area (Å²) in [6, 6.07) is 26.2. The maximum Gasteiger partial charge on any atom is 0.144 e. The van der Waals surface area contributed by atoms with Crippen LogP contribution in [0.2, 0.25) is 0 Å². The minimum Gasteiger partial charge on any atom is -0.505 e. The van der Waals surface area contributed by atoms with Crippen molar-refractivity contribution in [2.24, 2.45) is 5.10 Å². The minimum atomic E-state index is -0.461. The van der Waals surface area contributed by atoms with Gasteiger partial charge in [0.1, 0.15) is 17.1 Å². The van der Waals surface area contributed by atoms with Crippen molar-refractivity contribution in [1.82, 2.24) is 0 Å². The lowest BCUT2D eigenvalue weighted by Gasteiger charge is -2.33. The van der Waals surface area contributed by atoms with Crippen LogP contribution in [0.25, 0.3) is 0 Å². The largest absolute Gasteiger partial charge is 0.505 e. The molecule has 4 rings (SSSR count). The third kappa shape index (κ3) is 4.63. The van der Waals surface area contributed by atoms with Crippen molar-refractivity contribution in [2.45, 2.75) is 38.5 Å². The number of phenolic OH excluding ortho intramolecular Hbond substituents is 1. The summed E-state index contributed by atoms with van der Waals surface area (Å²) < 4.78 is 0. The fourth-order valence-corrected chi connectivity index (χ4v) is 4.39. The van der Waals surface area contributed by atoms with Crippen molar-refractivity contribution in [1.29, 1.82) is 5.41 Å². The van der Waals surface area contributed by atoms with E-state index in [0.717, 1.165) is 22.3 Å². The Bertz CT molecular complexity index is 1320. The fourth-order valence-electron chi connectivity index (χ4n) is 4.39. The zero-order valence-corrected chi connectivity index (χ0v) is 20.9. The molecule has 176 valence electrons. The molecule has 0 amide bonds. The molecule has 1 aliphatic carbocycles. The first kappa shape index (κ1) is 24.0. The van der Waals surface area contributed by atoms with Gasteiger partial charge >= 0.3 is 0 Å². The number of nitrogens with zero attached hydrogens (tertiary/aromatic N) is 2. The quantitative estimate of drug-likeness (QED) is 0.322. The Morgan fingerprint density at radius 2 is 1.57 bits per heavy atom. The van der Waals surface area contributed by atoms with Gasteiger partial charge in [0.2, 0.25) is 0 Å². The summed E-state index contributed by atoms with van der Waals surface area (Å²) in [6.45, 7) is 8.59. The van der Waals surface area contributed by atoms with Crippen LogP contribution in [-0.4, -0.2) is 23.6 Å². The molecular formula is C31H31N3O. The standard InChI is InChI=1S/C31H31N3O/c1-30(2,22-14-8-6-9-15-22)24-20-25(31(3,4)23-16-10-7-11-17-23)29(35)28(21-24)34(5)33-27-19-13-12-18-26(27)32/h7-8,10-21,32,35H,1-5H3/b32-26?,33-27-. The van der Waals surface area contributed by atoms with Gasteiger partial charge in [0.15, 0.2) is 0 Å². The van der Waals surface area contributed by atoms with Crippen molar-refractivity contribution in [3.63, 3.8) is 0 Å². The van der Waals surface area contributed by atoms with Gasteiger partial charge < -0.3 is 5.11 Å². The third-order valence-corrected chi connectivity index (χ3v) is 6.87. The summed E-state index contributed by atoms with van der Waals surface area (Å²) in [4.78, 5) is 0. The first-order valence-electron chi connectivity index (χ1n) is 11.7. The number of hydrogen-bond acceptors (Lipinski definition) is 4. The third-order valence-electron chi connectivity index (χ3n) is 6.87. The van der Waals surface area contributed by atoms with E-state index in [-0.39, 0.29) is 11.2 Å². The minimum absolute atomic E-state index is 0.181. The number of phenols is 1. The highest BCUT2D eigenvalue weighted by Crippen LogP contribution is 2.45. The number of allylic oxidation sites excluding steroid dienone is 4. The zero-order chi connectivity index (χ0) is 25.2. The monoisotopic (exact) mass is 461 g/mol. The van der Waals surface area contributed by atoms with Gasteiger partial charge in [0.05, 0.1) is 5.71 Å². The van der Waals surface area contributed by atoms with E-state index in [4.69, 9.17) is 5.41 Å². The summed E-state index contributed by atoms with van der Waals surface area (Å²) in [5, 5.41) is 26.1. The number of hydrazone groups is 1. The van der Waals surface area contributed by atoms with Gasteiger partial charge in [-0.15, -0.1) is 0 Å². The molecule has 0 fully saturated rings. The molecule has 4 nitrogen and oxygen atoms in total. The second-order valence-corrected chi connectivity index (χ2v) is 9.87. The molecule has 0 saturated carbocycles. The Labute approximate surface area is 208 Å². The Hall–Kier alpha value is -4.10. The van der Waals surface area contributed by atoms with Crippen molar-refractivity contribution in [3.05, 3.63) is 119 Å². The smallest absolute Gasteiger partial charge is 0.144 e. The van der Waals surface area contributed by atoms with Gasteiger partial charge in [-0.25, -0.2) is 0 Å². The summed E-state index contributed by atoms with van der Waals surface area (Å²) in [7, 11) is 1.81. The van der Waals surface area contributed by atoms with Gasteiger partial charge in [-0.2, -0.15) is 5.10 Å². The van der Waals surface area contributed by atoms with Gasteiger partial charge in [-0.05, 0) is 53.1 Å². The molecule has 0 atom stereocenters. The van der Waals surface area contributed by atoms with Crippen molar-refractivity contribution in [3.8, 4) is 5.75 Å². The van der Waals surface area contributed by atoms with Crippen LogP contribution < -0.4 is 5.01 Å². The van der Waals surface area contributed by atoms with Crippen LogP contribution in [0.15, 0.2) is 90.1 Å². The van der Waals surface area contributed by atoms with Crippen LogP contribution >= 0.6 is 0 Å². The number of benzene rings is 2. The molecule has 0 saturated heterocycles. The van der Waals surface area contributed by atoms with Gasteiger partial charge in [0, 0.05) is 23.4 Å². The van der Waals surface area contributed by atoms with Crippen LogP contribution in [0.1, 0.15) is 49.9 Å². The van der Waals surface area contributed by atoms with E-state index in [1.807, 2.05) is 55.6 Å². The van der Waals surface area contributed by atoms with Crippen molar-refractivity contribution < 1.29 is 5.11 Å². The second kappa shape index (κ2) is 9.27. The summed E-state index contributed by atoms with van der Waals surface area (Å²) >= 11 is 0. The van der Waals surface area contributed by atoms with E-state index in [0.29, 0.717) is 17.1 Å². The predicted molar refractivity (Wildman–Crippen MR) is 145 cm³/mol. The van der Waals surface area contributed by atoms with Gasteiger partial charge in [-0.1, -0.05) is 88.4 Å². The van der Waals surface area contributed by atoms with E-state index in [9.17, 15) is 5.11 Å². The average Bonchev–Trinajstić information content (AvgIpc) is 2.86. The highest BCUT2D eigenvalue weighted by atomic mass is 16.3. The van der Waals surface area contributed by atoms with E-state index >= 15 is 0 Å². The molecule has 3 aromatic carbocycles. The Morgan fingerprint density at radius 1 is 0.857 bits per heavy atom. The molecule has 35 heavy (non-hydrogen) atoms. The number of anilines is 1. The lowest BCUT2D eigenvalue weighted by atomic mass is 9.72. The number of nitrogens with one attached hydrogen (secondary N) is 1. The van der Waals surface area contributed by atoms with Gasteiger partial charge in [-0.3, -0.25) is 10.4 Å². The highest BCUT2D eigenvalue weighted by Gasteiger charge is 2.32. The van der Waals surface area contributed by atoms with Crippen LogP contribution in [-0.2, 0) is 10.8 Å². The number of aromatic hydroxyl groups is 1. The maximum absolute atomic E-state index is 11.6. The summed E-state index contributed by atoms with van der Waals surface area (Å²) in [5.74, 6) is 0.181. The average molecular weight is 462 g/mol. The van der Waals surface area contributed by atoms with Gasteiger partial charge in [0.25, 0.3) is 0 Å². The Kier molecular flexibility index (Phi) is 6.37. The fraction of sp³-hybridized carbons (Fsp3) is 0.226. The molecule has 3 aromatic rings.